The lowest BCUT2D eigenvalue weighted by Gasteiger charge is -2.07. The highest BCUT2D eigenvalue weighted by molar-refractivity contribution is 5.70. The van der Waals surface area contributed by atoms with Gasteiger partial charge in [0.15, 0.2) is 23.9 Å². The van der Waals surface area contributed by atoms with Gasteiger partial charge in [0, 0.05) is 25.2 Å². The van der Waals surface area contributed by atoms with Crippen LogP contribution in [0.25, 0.3) is 0 Å². The first kappa shape index (κ1) is 21.1. The standard InChI is InChI=1S/C20H26N4O4/c1-23-13-7-9-17(15-23)27-19(25)21-11-5-3-4-6-12-22-20(26)28-18-10-8-14-24(2)16-18/h7-10,13-16H,3-6,11-12H2,1-2H3/p+2. The molecule has 0 aliphatic heterocycles. The second-order valence-corrected chi connectivity index (χ2v) is 6.46. The van der Waals surface area contributed by atoms with E-state index in [4.69, 9.17) is 9.47 Å². The van der Waals surface area contributed by atoms with Crippen molar-refractivity contribution in [1.29, 1.82) is 0 Å². The van der Waals surface area contributed by atoms with Crippen molar-refractivity contribution in [2.75, 3.05) is 13.1 Å². The molecule has 8 nitrogen and oxygen atoms in total. The number of hydrogen-bond donors (Lipinski definition) is 2. The minimum Gasteiger partial charge on any atom is -0.404 e. The van der Waals surface area contributed by atoms with Gasteiger partial charge in [-0.05, 0) is 25.0 Å². The van der Waals surface area contributed by atoms with Gasteiger partial charge < -0.3 is 20.1 Å². The zero-order valence-corrected chi connectivity index (χ0v) is 16.4. The van der Waals surface area contributed by atoms with Crippen molar-refractivity contribution in [3.05, 3.63) is 49.1 Å². The first-order valence-electron chi connectivity index (χ1n) is 9.35. The number of ether oxygens (including phenoxy) is 2. The van der Waals surface area contributed by atoms with Crippen LogP contribution in [0, 0.1) is 0 Å². The molecule has 2 rings (SSSR count). The Morgan fingerprint density at radius 1 is 0.786 bits per heavy atom. The van der Waals surface area contributed by atoms with Gasteiger partial charge in [0.1, 0.15) is 14.1 Å². The summed E-state index contributed by atoms with van der Waals surface area (Å²) >= 11 is 0. The van der Waals surface area contributed by atoms with Crippen molar-refractivity contribution in [1.82, 2.24) is 10.6 Å². The molecule has 28 heavy (non-hydrogen) atoms. The summed E-state index contributed by atoms with van der Waals surface area (Å²) in [5.41, 5.74) is 0. The normalized spacial score (nSPS) is 10.2. The van der Waals surface area contributed by atoms with E-state index < -0.39 is 12.2 Å². The second-order valence-electron chi connectivity index (χ2n) is 6.46. The van der Waals surface area contributed by atoms with Crippen LogP contribution < -0.4 is 29.2 Å². The summed E-state index contributed by atoms with van der Waals surface area (Å²) in [4.78, 5) is 23.4. The Bertz CT molecular complexity index is 717. The predicted molar refractivity (Wildman–Crippen MR) is 102 cm³/mol. The summed E-state index contributed by atoms with van der Waals surface area (Å²) in [6.45, 7) is 1.11. The molecule has 0 unspecified atom stereocenters. The third kappa shape index (κ3) is 8.48. The molecular weight excluding hydrogens is 360 g/mol. The number of nitrogens with zero attached hydrogens (tertiary/aromatic N) is 2. The first-order chi connectivity index (χ1) is 13.5. The number of aromatic nitrogens is 2. The Kier molecular flexibility index (Phi) is 8.71. The average Bonchev–Trinajstić information content (AvgIpc) is 2.64. The molecule has 2 heterocycles. The number of hydrogen-bond acceptors (Lipinski definition) is 4. The van der Waals surface area contributed by atoms with E-state index in [-0.39, 0.29) is 0 Å². The van der Waals surface area contributed by atoms with E-state index in [2.05, 4.69) is 10.6 Å². The number of pyridine rings is 2. The molecule has 0 atom stereocenters. The summed E-state index contributed by atoms with van der Waals surface area (Å²) in [6, 6.07) is 7.09. The Balaban J connectivity index is 1.47. The van der Waals surface area contributed by atoms with Gasteiger partial charge in [-0.15, -0.1) is 0 Å². The Morgan fingerprint density at radius 3 is 1.61 bits per heavy atom. The van der Waals surface area contributed by atoms with Gasteiger partial charge >= 0.3 is 12.2 Å². The largest absolute Gasteiger partial charge is 0.412 e. The number of rotatable bonds is 9. The van der Waals surface area contributed by atoms with Crippen molar-refractivity contribution >= 4 is 12.2 Å². The zero-order chi connectivity index (χ0) is 20.2. The molecule has 2 amide bonds. The average molecular weight is 388 g/mol. The third-order valence-electron chi connectivity index (χ3n) is 3.89. The van der Waals surface area contributed by atoms with Crippen molar-refractivity contribution < 1.29 is 28.2 Å². The number of unbranched alkanes of at least 4 members (excludes halogenated alkanes) is 3. The molecule has 0 fully saturated rings. The zero-order valence-electron chi connectivity index (χ0n) is 16.4. The summed E-state index contributed by atoms with van der Waals surface area (Å²) in [5.74, 6) is 1.01. The number of amides is 2. The van der Waals surface area contributed by atoms with Crippen LogP contribution in [-0.4, -0.2) is 25.3 Å². The minimum atomic E-state index is -0.454. The van der Waals surface area contributed by atoms with Crippen LogP contribution in [0.2, 0.25) is 0 Å². The lowest BCUT2D eigenvalue weighted by molar-refractivity contribution is -0.671. The fourth-order valence-electron chi connectivity index (χ4n) is 2.51. The van der Waals surface area contributed by atoms with Crippen molar-refractivity contribution in [2.24, 2.45) is 14.1 Å². The number of carbonyl (C=O) groups excluding carboxylic acids is 2. The summed E-state index contributed by atoms with van der Waals surface area (Å²) < 4.78 is 14.0. The van der Waals surface area contributed by atoms with Gasteiger partial charge in [0.25, 0.3) is 0 Å². The molecular formula is C20H28N4O4+2. The van der Waals surface area contributed by atoms with E-state index in [9.17, 15) is 9.59 Å². The molecule has 0 radical (unpaired) electrons. The smallest absolute Gasteiger partial charge is 0.404 e. The highest BCUT2D eigenvalue weighted by Crippen LogP contribution is 2.06. The SMILES string of the molecule is C[n+]1cccc(OC(=O)NCCCCCCNC(=O)Oc2ccc[n+](C)c2)c1. The van der Waals surface area contributed by atoms with Crippen molar-refractivity contribution in [3.8, 4) is 11.5 Å². The van der Waals surface area contributed by atoms with E-state index in [1.165, 1.54) is 0 Å². The van der Waals surface area contributed by atoms with Crippen LogP contribution in [0.3, 0.4) is 0 Å². The maximum atomic E-state index is 11.7. The van der Waals surface area contributed by atoms with E-state index >= 15 is 0 Å². The van der Waals surface area contributed by atoms with Gasteiger partial charge in [-0.3, -0.25) is 0 Å². The molecule has 0 aliphatic carbocycles. The fourth-order valence-corrected chi connectivity index (χ4v) is 2.51. The highest BCUT2D eigenvalue weighted by atomic mass is 16.6. The van der Waals surface area contributed by atoms with Crippen LogP contribution in [0.15, 0.2) is 49.1 Å². The van der Waals surface area contributed by atoms with Crippen LogP contribution in [0.1, 0.15) is 25.7 Å². The maximum absolute atomic E-state index is 11.7. The Labute approximate surface area is 165 Å². The molecule has 2 aromatic rings. The van der Waals surface area contributed by atoms with Gasteiger partial charge in [0.05, 0.1) is 0 Å². The highest BCUT2D eigenvalue weighted by Gasteiger charge is 2.07. The van der Waals surface area contributed by atoms with Crippen LogP contribution >= 0.6 is 0 Å². The van der Waals surface area contributed by atoms with Gasteiger partial charge in [-0.25, -0.2) is 18.7 Å². The summed E-state index contributed by atoms with van der Waals surface area (Å²) in [7, 11) is 3.72. The Morgan fingerprint density at radius 2 is 1.21 bits per heavy atom. The maximum Gasteiger partial charge on any atom is 0.412 e. The van der Waals surface area contributed by atoms with Crippen molar-refractivity contribution in [2.45, 2.75) is 25.7 Å². The fraction of sp³-hybridized carbons (Fsp3) is 0.400. The lowest BCUT2D eigenvalue weighted by Crippen LogP contribution is -2.30. The molecule has 150 valence electrons. The lowest BCUT2D eigenvalue weighted by atomic mass is 10.2. The minimum absolute atomic E-state index is 0.454. The predicted octanol–water partition coefficient (Wildman–Crippen LogP) is 1.77. The van der Waals surface area contributed by atoms with Crippen molar-refractivity contribution in [3.63, 3.8) is 0 Å². The molecule has 0 aromatic carbocycles. The molecule has 0 saturated carbocycles. The number of nitrogens with one attached hydrogen (secondary N) is 2. The van der Waals surface area contributed by atoms with E-state index in [0.717, 1.165) is 25.7 Å². The van der Waals surface area contributed by atoms with E-state index in [0.29, 0.717) is 24.6 Å². The molecule has 8 heteroatoms. The topological polar surface area (TPSA) is 84.4 Å². The van der Waals surface area contributed by atoms with Crippen LogP contribution in [-0.2, 0) is 14.1 Å². The second kappa shape index (κ2) is 11.5. The molecule has 2 aromatic heterocycles. The molecule has 0 spiro atoms. The van der Waals surface area contributed by atoms with Crippen LogP contribution in [0.4, 0.5) is 9.59 Å². The summed E-state index contributed by atoms with van der Waals surface area (Å²) in [6.07, 6.45) is 9.88. The Hall–Kier alpha value is -3.16. The van der Waals surface area contributed by atoms with E-state index in [1.54, 1.807) is 24.5 Å². The van der Waals surface area contributed by atoms with Gasteiger partial charge in [0.2, 0.25) is 12.4 Å². The van der Waals surface area contributed by atoms with E-state index in [1.807, 2.05) is 47.8 Å². The van der Waals surface area contributed by atoms with Gasteiger partial charge in [-0.2, -0.15) is 0 Å². The van der Waals surface area contributed by atoms with Gasteiger partial charge in [-0.1, -0.05) is 12.8 Å². The molecule has 0 bridgehead atoms. The number of carbonyl (C=O) groups is 2. The molecule has 0 aliphatic rings. The first-order valence-corrected chi connectivity index (χ1v) is 9.35. The molecule has 0 saturated heterocycles. The van der Waals surface area contributed by atoms with Crippen LogP contribution in [0.5, 0.6) is 11.5 Å². The number of aryl methyl sites for hydroxylation is 2. The third-order valence-corrected chi connectivity index (χ3v) is 3.89. The molecule has 2 N–H and O–H groups in total. The monoisotopic (exact) mass is 388 g/mol. The quantitative estimate of drug-likeness (QED) is 0.507. The summed E-state index contributed by atoms with van der Waals surface area (Å²) in [5, 5.41) is 5.46.